The van der Waals surface area contributed by atoms with Crippen molar-refractivity contribution in [2.24, 2.45) is 0 Å². The average Bonchev–Trinajstić information content (AvgIpc) is 3.92. The molecule has 0 saturated carbocycles. The van der Waals surface area contributed by atoms with Crippen LogP contribution in [-0.2, 0) is 0 Å². The van der Waals surface area contributed by atoms with E-state index in [0.29, 0.717) is 0 Å². The molecule has 10 aromatic carbocycles. The molecule has 0 radical (unpaired) electrons. The fraction of sp³-hybridized carbons (Fsp3) is 0. The van der Waals surface area contributed by atoms with Crippen LogP contribution in [0, 0.1) is 0 Å². The standard InChI is InChI=1S/C54H35NS/c1-3-14-36(15-4-1)39-26-31-53-51(33-39)49-28-27-41(35-54(49)56-53)55(42-32-40-19-8-10-22-44(40)50(34-42)38-16-5-2-6-17-38)52-30-29-47(46-23-11-12-24-48(46)52)45-25-13-20-37-18-7-9-21-43(37)45/h1-35H/i1D,2D,3D,4D,5D,6D,7D,8D,9D,10D,11D,12D,13D,14D,15D,16D,17D,18D,19D,20D,25D,28D,29D,30D,31D,33D,35D. The van der Waals surface area contributed by atoms with Gasteiger partial charge in [0.25, 0.3) is 0 Å². The zero-order valence-corrected chi connectivity index (χ0v) is 29.3. The predicted molar refractivity (Wildman–Crippen MR) is 243 cm³/mol. The van der Waals surface area contributed by atoms with Gasteiger partial charge in [0.2, 0.25) is 0 Å². The summed E-state index contributed by atoms with van der Waals surface area (Å²) in [6.45, 7) is 0. The molecule has 0 saturated heterocycles. The molecule has 1 nitrogen and oxygen atoms in total. The molecule has 0 spiro atoms. The van der Waals surface area contributed by atoms with Gasteiger partial charge < -0.3 is 4.90 Å². The Morgan fingerprint density at radius 3 is 1.84 bits per heavy atom. The van der Waals surface area contributed by atoms with Crippen LogP contribution in [0.3, 0.4) is 0 Å². The van der Waals surface area contributed by atoms with Gasteiger partial charge in [0.15, 0.2) is 0 Å². The van der Waals surface area contributed by atoms with Crippen molar-refractivity contribution in [1.29, 1.82) is 0 Å². The van der Waals surface area contributed by atoms with Crippen molar-refractivity contribution in [1.82, 2.24) is 0 Å². The van der Waals surface area contributed by atoms with Crippen LogP contribution in [0.2, 0.25) is 0 Å². The van der Waals surface area contributed by atoms with Crippen molar-refractivity contribution in [3.05, 3.63) is 212 Å². The molecule has 11 rings (SSSR count). The summed E-state index contributed by atoms with van der Waals surface area (Å²) in [6, 6.07) is -8.03. The molecule has 0 fully saturated rings. The maximum atomic E-state index is 10.2. The molecule has 0 unspecified atom stereocenters. The Labute approximate surface area is 367 Å². The number of hydrogen-bond donors (Lipinski definition) is 0. The van der Waals surface area contributed by atoms with Gasteiger partial charge in [0, 0.05) is 36.9 Å². The summed E-state index contributed by atoms with van der Waals surface area (Å²) in [5, 5.41) is -1.42. The first kappa shape index (κ1) is 15.3. The molecule has 1 aromatic heterocycles. The van der Waals surface area contributed by atoms with Crippen molar-refractivity contribution in [2.75, 3.05) is 4.90 Å². The van der Waals surface area contributed by atoms with Gasteiger partial charge in [-0.15, -0.1) is 11.3 Å². The van der Waals surface area contributed by atoms with Gasteiger partial charge in [0.1, 0.15) is 0 Å². The molecule has 0 atom stereocenters. The number of rotatable bonds is 6. The van der Waals surface area contributed by atoms with Gasteiger partial charge in [-0.1, -0.05) is 169 Å². The lowest BCUT2D eigenvalue weighted by Crippen LogP contribution is -2.11. The van der Waals surface area contributed by atoms with Crippen molar-refractivity contribution < 1.29 is 37.0 Å². The molecule has 0 aliphatic heterocycles. The summed E-state index contributed by atoms with van der Waals surface area (Å²) in [4.78, 5) is 1.13. The second-order valence-corrected chi connectivity index (χ2v) is 13.4. The Bertz CT molecular complexity index is 4780. The highest BCUT2D eigenvalue weighted by molar-refractivity contribution is 7.25. The van der Waals surface area contributed by atoms with E-state index in [-0.39, 0.29) is 92.2 Å². The summed E-state index contributed by atoms with van der Waals surface area (Å²) in [5.74, 6) is 0. The van der Waals surface area contributed by atoms with E-state index in [1.807, 2.05) is 0 Å². The molecule has 0 bridgehead atoms. The Hall–Kier alpha value is -7.00. The highest BCUT2D eigenvalue weighted by Crippen LogP contribution is 2.47. The van der Waals surface area contributed by atoms with E-state index in [4.69, 9.17) is 26.0 Å². The van der Waals surface area contributed by atoms with E-state index in [0.717, 1.165) is 52.6 Å². The third kappa shape index (κ3) is 5.46. The zero-order valence-electron chi connectivity index (χ0n) is 55.5. The Morgan fingerprint density at radius 2 is 1.02 bits per heavy atom. The maximum absolute atomic E-state index is 10.2. The number of thiophene rings is 1. The number of hydrogen-bond acceptors (Lipinski definition) is 2. The SMILES string of the molecule is [2H]c1cc2c(-c3c([2H])c([2H])c([2H])c4c([2H])c([2H])c([2H])cc34)c([2H])c([2H])c(N(c3cc(-c4c([2H])c([2H])c([2H])c([2H])c4[2H])c4cc([2H])c([2H])c([2H])c4c3)c3cc([2H])c4c(sc5c([2H])cc(-c6c([2H])c([2H])c([2H])c([2H])c6[2H])c([2H])c54)c3[2H])c2cc1[2H]. The maximum Gasteiger partial charge on any atom is 0.0660 e. The summed E-state index contributed by atoms with van der Waals surface area (Å²) in [6.07, 6.45) is 0. The van der Waals surface area contributed by atoms with Gasteiger partial charge in [-0.25, -0.2) is 0 Å². The molecule has 56 heavy (non-hydrogen) atoms. The highest BCUT2D eigenvalue weighted by atomic mass is 32.1. The normalized spacial score (nSPS) is 18.3. The topological polar surface area (TPSA) is 3.24 Å². The molecule has 1 heterocycles. The Kier molecular flexibility index (Phi) is 3.65. The first-order valence-corrected chi connectivity index (χ1v) is 17.8. The third-order valence-corrected chi connectivity index (χ3v) is 10.3. The second kappa shape index (κ2) is 13.4. The first-order valence-electron chi connectivity index (χ1n) is 30.4. The summed E-state index contributed by atoms with van der Waals surface area (Å²) in [7, 11) is 0. The van der Waals surface area contributed by atoms with Crippen LogP contribution >= 0.6 is 11.3 Å². The number of fused-ring (bicyclic) bond motifs is 6. The molecule has 2 heteroatoms. The van der Waals surface area contributed by atoms with E-state index in [1.165, 1.54) is 12.1 Å². The van der Waals surface area contributed by atoms with E-state index in [2.05, 4.69) is 0 Å². The van der Waals surface area contributed by atoms with E-state index in [9.17, 15) is 11.0 Å². The van der Waals surface area contributed by atoms with Crippen molar-refractivity contribution in [2.45, 2.75) is 0 Å². The summed E-state index contributed by atoms with van der Waals surface area (Å²) >= 11 is 0.766. The van der Waals surface area contributed by atoms with Gasteiger partial charge >= 0.3 is 0 Å². The van der Waals surface area contributed by atoms with Crippen molar-refractivity contribution in [3.63, 3.8) is 0 Å². The van der Waals surface area contributed by atoms with Crippen molar-refractivity contribution in [3.8, 4) is 33.4 Å². The fourth-order valence-corrected chi connectivity index (χ4v) is 7.81. The molecule has 0 amide bonds. The predicted octanol–water partition coefficient (Wildman–Crippen LogP) is 16.0. The number of benzene rings is 10. The van der Waals surface area contributed by atoms with E-state index < -0.39 is 174 Å². The van der Waals surface area contributed by atoms with Gasteiger partial charge in [-0.3, -0.25) is 0 Å². The summed E-state index contributed by atoms with van der Waals surface area (Å²) in [5.41, 5.74) is -3.11. The van der Waals surface area contributed by atoms with Gasteiger partial charge in [0.05, 0.1) is 42.7 Å². The minimum absolute atomic E-state index is 0.0235. The van der Waals surface area contributed by atoms with Crippen molar-refractivity contribution >= 4 is 80.9 Å². The van der Waals surface area contributed by atoms with Crippen LogP contribution in [0.4, 0.5) is 17.1 Å². The molecule has 0 N–H and O–H groups in total. The molecule has 0 aliphatic rings. The first-order chi connectivity index (χ1) is 38.9. The Balaban J connectivity index is 1.34. The minimum Gasteiger partial charge on any atom is -0.310 e. The molecule has 262 valence electrons. The van der Waals surface area contributed by atoms with Gasteiger partial charge in [-0.05, 0) is 103 Å². The van der Waals surface area contributed by atoms with Gasteiger partial charge in [-0.2, -0.15) is 0 Å². The van der Waals surface area contributed by atoms with Crippen LogP contribution in [-0.4, -0.2) is 0 Å². The lowest BCUT2D eigenvalue weighted by Gasteiger charge is -2.29. The largest absolute Gasteiger partial charge is 0.310 e. The average molecular weight is 757 g/mol. The van der Waals surface area contributed by atoms with Crippen LogP contribution < -0.4 is 4.90 Å². The monoisotopic (exact) mass is 756 g/mol. The van der Waals surface area contributed by atoms with E-state index in [1.54, 1.807) is 0 Å². The fourth-order valence-electron chi connectivity index (χ4n) is 6.82. The van der Waals surface area contributed by atoms with E-state index >= 15 is 0 Å². The summed E-state index contributed by atoms with van der Waals surface area (Å²) < 4.78 is 242. The molecular formula is C54H35NS. The number of anilines is 3. The lowest BCUT2D eigenvalue weighted by atomic mass is 9.92. The Morgan fingerprint density at radius 1 is 0.357 bits per heavy atom. The van der Waals surface area contributed by atoms with Crippen LogP contribution in [0.1, 0.15) is 37.0 Å². The van der Waals surface area contributed by atoms with Crippen LogP contribution in [0.25, 0.3) is 85.9 Å². The second-order valence-electron chi connectivity index (χ2n) is 12.4. The third-order valence-electron chi connectivity index (χ3n) is 9.30. The highest BCUT2D eigenvalue weighted by Gasteiger charge is 2.21. The zero-order chi connectivity index (χ0) is 60.5. The quantitative estimate of drug-likeness (QED) is 0.163. The lowest BCUT2D eigenvalue weighted by molar-refractivity contribution is 1.31. The minimum atomic E-state index is -0.807. The molecule has 0 aliphatic carbocycles. The number of nitrogens with zero attached hydrogens (tertiary/aromatic N) is 1. The van der Waals surface area contributed by atoms with Crippen LogP contribution in [0.5, 0.6) is 0 Å². The molecular weight excluding hydrogens is 695 g/mol. The van der Waals surface area contributed by atoms with Crippen LogP contribution in [0.15, 0.2) is 212 Å². The molecule has 11 aromatic rings. The smallest absolute Gasteiger partial charge is 0.0660 e.